The molecule has 0 heterocycles. The number of rotatable bonds is 1. The van der Waals surface area contributed by atoms with Gasteiger partial charge in [-0.3, -0.25) is 0 Å². The molecule has 0 aliphatic carbocycles. The van der Waals surface area contributed by atoms with Gasteiger partial charge in [-0.25, -0.2) is 0 Å². The van der Waals surface area contributed by atoms with E-state index in [2.05, 4.69) is 12.2 Å². The first kappa shape index (κ1) is 9.07. The van der Waals surface area contributed by atoms with Crippen molar-refractivity contribution in [2.45, 2.75) is 0 Å². The molecule has 0 saturated heterocycles. The van der Waals surface area contributed by atoms with Crippen LogP contribution in [0.3, 0.4) is 0 Å². The molecular formula is C6H7O2PS2. The van der Waals surface area contributed by atoms with Gasteiger partial charge in [0.05, 0.1) is 0 Å². The second-order valence-corrected chi connectivity index (χ2v) is 7.80. The van der Waals surface area contributed by atoms with E-state index in [9.17, 15) is 4.89 Å². The Labute approximate surface area is 75.1 Å². The summed E-state index contributed by atoms with van der Waals surface area (Å²) >= 11 is 8.62. The molecule has 1 aromatic carbocycles. The monoisotopic (exact) mass is 206 g/mol. The predicted molar refractivity (Wildman–Crippen MR) is 53.2 cm³/mol. The van der Waals surface area contributed by atoms with Crippen LogP contribution in [-0.2, 0) is 11.8 Å². The van der Waals surface area contributed by atoms with E-state index < -0.39 is 5.47 Å². The van der Waals surface area contributed by atoms with Gasteiger partial charge in [0.2, 0.25) is 0 Å². The molecule has 2 N–H and O–H groups in total. The molecule has 60 valence electrons. The third kappa shape index (κ3) is 2.49. The molecule has 0 amide bonds. The van der Waals surface area contributed by atoms with Crippen molar-refractivity contribution in [3.8, 4) is 5.75 Å². The van der Waals surface area contributed by atoms with Crippen LogP contribution >= 0.6 is 17.7 Å². The van der Waals surface area contributed by atoms with E-state index in [0.717, 1.165) is 0 Å². The summed E-state index contributed by atoms with van der Waals surface area (Å²) in [5, 5.41) is 9.49. The van der Waals surface area contributed by atoms with E-state index in [0.29, 0.717) is 5.30 Å². The van der Waals surface area contributed by atoms with E-state index in [-0.39, 0.29) is 5.75 Å². The van der Waals surface area contributed by atoms with Crippen molar-refractivity contribution in [1.82, 2.24) is 0 Å². The molecule has 1 aromatic rings. The number of phenolic OH excluding ortho intramolecular Hbond substituents is 1. The highest BCUT2D eigenvalue weighted by Crippen LogP contribution is 2.44. The average molecular weight is 206 g/mol. The maximum Gasteiger partial charge on any atom is 0.143 e. The van der Waals surface area contributed by atoms with Crippen molar-refractivity contribution < 1.29 is 10.00 Å². The zero-order valence-electron chi connectivity index (χ0n) is 5.51. The summed E-state index contributed by atoms with van der Waals surface area (Å²) in [6.07, 6.45) is 0. The summed E-state index contributed by atoms with van der Waals surface area (Å²) in [5.41, 5.74) is -2.62. The SMILES string of the molecule is Oc1ccc(P(O)(=S)S)cc1. The van der Waals surface area contributed by atoms with Crippen LogP contribution < -0.4 is 5.30 Å². The Bertz CT molecular complexity index is 290. The van der Waals surface area contributed by atoms with Crippen LogP contribution in [0.1, 0.15) is 0 Å². The smallest absolute Gasteiger partial charge is 0.143 e. The van der Waals surface area contributed by atoms with Crippen LogP contribution in [0.25, 0.3) is 0 Å². The van der Waals surface area contributed by atoms with Gasteiger partial charge in [0.1, 0.15) is 11.2 Å². The highest BCUT2D eigenvalue weighted by Gasteiger charge is 2.08. The molecule has 0 aromatic heterocycles. The summed E-state index contributed by atoms with van der Waals surface area (Å²) in [5.74, 6) is 0.158. The van der Waals surface area contributed by atoms with E-state index >= 15 is 0 Å². The van der Waals surface area contributed by atoms with E-state index in [4.69, 9.17) is 16.9 Å². The minimum Gasteiger partial charge on any atom is -0.508 e. The zero-order chi connectivity index (χ0) is 8.48. The third-order valence-electron chi connectivity index (χ3n) is 1.19. The molecule has 1 atom stereocenters. The molecule has 2 nitrogen and oxygen atoms in total. The fourth-order valence-corrected chi connectivity index (χ4v) is 1.95. The van der Waals surface area contributed by atoms with Crippen molar-refractivity contribution in [2.24, 2.45) is 0 Å². The van der Waals surface area contributed by atoms with Crippen LogP contribution in [-0.4, -0.2) is 10.00 Å². The van der Waals surface area contributed by atoms with E-state index in [1.54, 1.807) is 12.1 Å². The lowest BCUT2D eigenvalue weighted by molar-refractivity contribution is 0.475. The van der Waals surface area contributed by atoms with Crippen LogP contribution in [0.5, 0.6) is 5.75 Å². The average Bonchev–Trinajstić information content (AvgIpc) is 1.86. The molecule has 5 heteroatoms. The molecule has 0 saturated carbocycles. The van der Waals surface area contributed by atoms with E-state index in [1.807, 2.05) is 0 Å². The molecule has 11 heavy (non-hydrogen) atoms. The van der Waals surface area contributed by atoms with Crippen molar-refractivity contribution >= 4 is 34.8 Å². The Morgan fingerprint density at radius 3 is 2.09 bits per heavy atom. The summed E-state index contributed by atoms with van der Waals surface area (Å²) in [6.45, 7) is 0. The summed E-state index contributed by atoms with van der Waals surface area (Å²) in [7, 11) is 0. The first-order chi connectivity index (χ1) is 5.00. The summed E-state index contributed by atoms with van der Waals surface area (Å²) in [4.78, 5) is 9.29. The molecule has 0 radical (unpaired) electrons. The minimum absolute atomic E-state index is 0.158. The lowest BCUT2D eigenvalue weighted by atomic mass is 10.3. The van der Waals surface area contributed by atoms with Gasteiger partial charge in [-0.15, -0.1) is 12.2 Å². The van der Waals surface area contributed by atoms with Gasteiger partial charge in [0.25, 0.3) is 0 Å². The lowest BCUT2D eigenvalue weighted by Gasteiger charge is -2.06. The van der Waals surface area contributed by atoms with Gasteiger partial charge >= 0.3 is 0 Å². The Morgan fingerprint density at radius 2 is 1.73 bits per heavy atom. The largest absolute Gasteiger partial charge is 0.508 e. The van der Waals surface area contributed by atoms with Crippen LogP contribution in [0.15, 0.2) is 24.3 Å². The Hall–Kier alpha value is -0.0200. The zero-order valence-corrected chi connectivity index (χ0v) is 8.11. The second-order valence-electron chi connectivity index (χ2n) is 2.06. The summed E-state index contributed by atoms with van der Waals surface area (Å²) < 4.78 is 0. The van der Waals surface area contributed by atoms with Gasteiger partial charge in [0, 0.05) is 5.30 Å². The van der Waals surface area contributed by atoms with Gasteiger partial charge in [-0.05, 0) is 24.3 Å². The van der Waals surface area contributed by atoms with Crippen molar-refractivity contribution in [3.05, 3.63) is 24.3 Å². The highest BCUT2D eigenvalue weighted by atomic mass is 32.9. The van der Waals surface area contributed by atoms with Crippen LogP contribution in [0.4, 0.5) is 0 Å². The summed E-state index contributed by atoms with van der Waals surface area (Å²) in [6, 6.07) is 6.10. The molecule has 0 aliphatic heterocycles. The number of benzene rings is 1. The number of hydrogen-bond acceptors (Lipinski definition) is 2. The molecule has 0 aliphatic rings. The number of phenols is 1. The van der Waals surface area contributed by atoms with Gasteiger partial charge in [-0.2, -0.15) is 0 Å². The maximum atomic E-state index is 9.29. The Balaban J connectivity index is 3.09. The maximum absolute atomic E-state index is 9.29. The van der Waals surface area contributed by atoms with Gasteiger partial charge in [-0.1, -0.05) is 11.8 Å². The van der Waals surface area contributed by atoms with Crippen LogP contribution in [0, 0.1) is 0 Å². The fourth-order valence-electron chi connectivity index (χ4n) is 0.647. The van der Waals surface area contributed by atoms with Gasteiger partial charge < -0.3 is 10.00 Å². The van der Waals surface area contributed by atoms with Crippen molar-refractivity contribution in [2.75, 3.05) is 0 Å². The standard InChI is InChI=1S/C6H7O2PS2/c7-5-1-3-6(4-2-5)9(8,10)11/h1-4,7H,(H2,8,10,11). The second kappa shape index (κ2) is 3.15. The van der Waals surface area contributed by atoms with Crippen LogP contribution in [0.2, 0.25) is 0 Å². The molecule has 1 rings (SSSR count). The molecule has 0 bridgehead atoms. The van der Waals surface area contributed by atoms with E-state index in [1.165, 1.54) is 12.1 Å². The quantitative estimate of drug-likeness (QED) is 0.478. The topological polar surface area (TPSA) is 40.5 Å². The number of hydrogen-bond donors (Lipinski definition) is 3. The number of aromatic hydroxyl groups is 1. The Morgan fingerprint density at radius 1 is 1.27 bits per heavy atom. The molecule has 1 unspecified atom stereocenters. The van der Waals surface area contributed by atoms with Gasteiger partial charge in [0.15, 0.2) is 0 Å². The highest BCUT2D eigenvalue weighted by molar-refractivity contribution is 8.63. The number of thiol groups is 1. The fraction of sp³-hybridized carbons (Fsp3) is 0. The van der Waals surface area contributed by atoms with Crippen molar-refractivity contribution in [3.63, 3.8) is 0 Å². The molecule has 0 fully saturated rings. The normalized spacial score (nSPS) is 15.8. The third-order valence-corrected chi connectivity index (χ3v) is 3.48. The molecular weight excluding hydrogens is 199 g/mol. The van der Waals surface area contributed by atoms with Crippen molar-refractivity contribution in [1.29, 1.82) is 0 Å². The predicted octanol–water partition coefficient (Wildman–Crippen LogP) is 1.25. The first-order valence-corrected chi connectivity index (χ1v) is 6.76. The Kier molecular flexibility index (Phi) is 2.60. The minimum atomic E-state index is -2.62. The first-order valence-electron chi connectivity index (χ1n) is 2.85. The lowest BCUT2D eigenvalue weighted by Crippen LogP contribution is -1.97. The molecule has 0 spiro atoms.